The Bertz CT molecular complexity index is 619. The first-order chi connectivity index (χ1) is 10.0. The molecule has 0 fully saturated rings. The van der Waals surface area contributed by atoms with Gasteiger partial charge in [0.1, 0.15) is 5.82 Å². The van der Waals surface area contributed by atoms with Crippen LogP contribution in [0.25, 0.3) is 0 Å². The van der Waals surface area contributed by atoms with Gasteiger partial charge in [0.15, 0.2) is 5.15 Å². The molecule has 0 bridgehead atoms. The molecule has 110 valence electrons. The third kappa shape index (κ3) is 4.81. The molecule has 4 nitrogen and oxygen atoms in total. The lowest BCUT2D eigenvalue weighted by Gasteiger charge is -2.16. The molecule has 1 aromatic heterocycles. The van der Waals surface area contributed by atoms with Gasteiger partial charge in [-0.2, -0.15) is 0 Å². The zero-order valence-electron chi connectivity index (χ0n) is 11.5. The van der Waals surface area contributed by atoms with Gasteiger partial charge in [-0.05, 0) is 36.9 Å². The number of aromatic nitrogens is 1. The molecule has 0 unspecified atom stereocenters. The van der Waals surface area contributed by atoms with Gasteiger partial charge in [-0.25, -0.2) is 9.37 Å². The van der Waals surface area contributed by atoms with Crippen LogP contribution in [0.4, 0.5) is 10.1 Å². The molecule has 0 saturated carbocycles. The number of rotatable bonds is 5. The van der Waals surface area contributed by atoms with Crippen molar-refractivity contribution in [1.29, 1.82) is 0 Å². The van der Waals surface area contributed by atoms with Gasteiger partial charge in [0, 0.05) is 12.7 Å². The van der Waals surface area contributed by atoms with E-state index in [4.69, 9.17) is 11.6 Å². The number of pyridine rings is 1. The Morgan fingerprint density at radius 3 is 2.71 bits per heavy atom. The Labute approximate surface area is 127 Å². The maximum atomic E-state index is 12.8. The van der Waals surface area contributed by atoms with E-state index >= 15 is 0 Å². The van der Waals surface area contributed by atoms with Crippen molar-refractivity contribution in [2.45, 2.75) is 6.54 Å². The lowest BCUT2D eigenvalue weighted by Crippen LogP contribution is -2.29. The fraction of sp³-hybridized carbons (Fsp3) is 0.200. The molecule has 0 aliphatic carbocycles. The molecule has 1 aromatic carbocycles. The molecule has 1 amide bonds. The lowest BCUT2D eigenvalue weighted by molar-refractivity contribution is -0.117. The number of carbonyl (C=O) groups is 1. The van der Waals surface area contributed by atoms with Crippen molar-refractivity contribution in [3.05, 3.63) is 59.1 Å². The number of anilines is 1. The smallest absolute Gasteiger partial charge is 0.238 e. The van der Waals surface area contributed by atoms with E-state index < -0.39 is 0 Å². The zero-order valence-corrected chi connectivity index (χ0v) is 12.3. The van der Waals surface area contributed by atoms with Gasteiger partial charge < -0.3 is 5.32 Å². The number of likely N-dealkylation sites (N-methyl/N-ethyl adjacent to an activating group) is 1. The molecule has 2 aromatic rings. The van der Waals surface area contributed by atoms with E-state index in [1.807, 2.05) is 11.9 Å². The predicted molar refractivity (Wildman–Crippen MR) is 80.6 cm³/mol. The topological polar surface area (TPSA) is 45.2 Å². The van der Waals surface area contributed by atoms with E-state index in [2.05, 4.69) is 10.3 Å². The highest BCUT2D eigenvalue weighted by Crippen LogP contribution is 2.17. The molecular formula is C15H15ClFN3O. The summed E-state index contributed by atoms with van der Waals surface area (Å²) in [5, 5.41) is 2.96. The van der Waals surface area contributed by atoms with Gasteiger partial charge in [-0.15, -0.1) is 0 Å². The zero-order chi connectivity index (χ0) is 15.2. The minimum atomic E-state index is -0.273. The first-order valence-corrected chi connectivity index (χ1v) is 6.76. The normalized spacial score (nSPS) is 10.7. The minimum Gasteiger partial charge on any atom is -0.322 e. The Balaban J connectivity index is 1.87. The molecule has 0 atom stereocenters. The van der Waals surface area contributed by atoms with Crippen LogP contribution in [0.3, 0.4) is 0 Å². The second kappa shape index (κ2) is 7.15. The maximum absolute atomic E-state index is 12.8. The van der Waals surface area contributed by atoms with Gasteiger partial charge in [0.25, 0.3) is 0 Å². The Morgan fingerprint density at radius 1 is 1.33 bits per heavy atom. The largest absolute Gasteiger partial charge is 0.322 e. The van der Waals surface area contributed by atoms with E-state index in [1.54, 1.807) is 30.5 Å². The average Bonchev–Trinajstić information content (AvgIpc) is 2.44. The Hall–Kier alpha value is -1.98. The summed E-state index contributed by atoms with van der Waals surface area (Å²) in [5.41, 5.74) is 1.42. The summed E-state index contributed by atoms with van der Waals surface area (Å²) in [5.74, 6) is -0.458. The van der Waals surface area contributed by atoms with Crippen molar-refractivity contribution in [2.24, 2.45) is 0 Å². The van der Waals surface area contributed by atoms with E-state index in [-0.39, 0.29) is 23.4 Å². The SMILES string of the molecule is CN(CC(=O)Nc1cccnc1Cl)Cc1ccc(F)cc1. The fourth-order valence-electron chi connectivity index (χ4n) is 1.87. The van der Waals surface area contributed by atoms with E-state index in [0.29, 0.717) is 12.2 Å². The van der Waals surface area contributed by atoms with Crippen molar-refractivity contribution in [2.75, 3.05) is 18.9 Å². The third-order valence-electron chi connectivity index (χ3n) is 2.81. The van der Waals surface area contributed by atoms with Crippen molar-refractivity contribution < 1.29 is 9.18 Å². The van der Waals surface area contributed by atoms with Crippen LogP contribution in [0, 0.1) is 5.82 Å². The summed E-state index contributed by atoms with van der Waals surface area (Å²) >= 11 is 5.87. The number of hydrogen-bond donors (Lipinski definition) is 1. The molecule has 6 heteroatoms. The first-order valence-electron chi connectivity index (χ1n) is 6.38. The van der Waals surface area contributed by atoms with Crippen LogP contribution in [-0.2, 0) is 11.3 Å². The summed E-state index contributed by atoms with van der Waals surface area (Å²) < 4.78 is 12.8. The molecule has 0 saturated heterocycles. The van der Waals surface area contributed by atoms with Crippen LogP contribution in [0.1, 0.15) is 5.56 Å². The van der Waals surface area contributed by atoms with Gasteiger partial charge in [0.2, 0.25) is 5.91 Å². The summed E-state index contributed by atoms with van der Waals surface area (Å²) in [4.78, 5) is 17.6. The quantitative estimate of drug-likeness (QED) is 0.864. The summed E-state index contributed by atoms with van der Waals surface area (Å²) in [7, 11) is 1.81. The lowest BCUT2D eigenvalue weighted by atomic mass is 10.2. The van der Waals surface area contributed by atoms with Gasteiger partial charge in [-0.1, -0.05) is 23.7 Å². The first kappa shape index (κ1) is 15.4. The van der Waals surface area contributed by atoms with Crippen LogP contribution >= 0.6 is 11.6 Å². The van der Waals surface area contributed by atoms with E-state index in [0.717, 1.165) is 5.56 Å². The van der Waals surface area contributed by atoms with Gasteiger partial charge >= 0.3 is 0 Å². The molecule has 0 spiro atoms. The summed E-state index contributed by atoms with van der Waals surface area (Å²) in [6.07, 6.45) is 1.55. The van der Waals surface area contributed by atoms with Gasteiger partial charge in [0.05, 0.1) is 12.2 Å². The second-order valence-corrected chi connectivity index (χ2v) is 5.05. The van der Waals surface area contributed by atoms with Crippen LogP contribution in [0.5, 0.6) is 0 Å². The third-order valence-corrected chi connectivity index (χ3v) is 3.11. The van der Waals surface area contributed by atoms with Crippen molar-refractivity contribution >= 4 is 23.2 Å². The monoisotopic (exact) mass is 307 g/mol. The van der Waals surface area contributed by atoms with Gasteiger partial charge in [-0.3, -0.25) is 9.69 Å². The van der Waals surface area contributed by atoms with Crippen molar-refractivity contribution in [3.8, 4) is 0 Å². The van der Waals surface area contributed by atoms with E-state index in [1.165, 1.54) is 12.1 Å². The number of carbonyl (C=O) groups excluding carboxylic acids is 1. The van der Waals surface area contributed by atoms with Crippen molar-refractivity contribution in [3.63, 3.8) is 0 Å². The number of halogens is 2. The number of amides is 1. The second-order valence-electron chi connectivity index (χ2n) is 4.69. The van der Waals surface area contributed by atoms with Crippen molar-refractivity contribution in [1.82, 2.24) is 9.88 Å². The molecular weight excluding hydrogens is 293 g/mol. The standard InChI is InChI=1S/C15H15ClFN3O/c1-20(9-11-4-6-12(17)7-5-11)10-14(21)19-13-3-2-8-18-15(13)16/h2-8H,9-10H2,1H3,(H,19,21). The van der Waals surface area contributed by atoms with E-state index in [9.17, 15) is 9.18 Å². The Kier molecular flexibility index (Phi) is 5.25. The van der Waals surface area contributed by atoms with Crippen LogP contribution in [-0.4, -0.2) is 29.4 Å². The average molecular weight is 308 g/mol. The van der Waals surface area contributed by atoms with Crippen LogP contribution in [0.15, 0.2) is 42.6 Å². The molecule has 0 aliphatic rings. The summed E-state index contributed by atoms with van der Waals surface area (Å²) in [6, 6.07) is 9.58. The number of nitrogens with zero attached hydrogens (tertiary/aromatic N) is 2. The highest BCUT2D eigenvalue weighted by atomic mass is 35.5. The molecule has 1 N–H and O–H groups in total. The molecule has 1 heterocycles. The molecule has 21 heavy (non-hydrogen) atoms. The molecule has 0 aliphatic heterocycles. The van der Waals surface area contributed by atoms with Crippen LogP contribution in [0.2, 0.25) is 5.15 Å². The fourth-order valence-corrected chi connectivity index (χ4v) is 2.04. The predicted octanol–water partition coefficient (Wildman–Crippen LogP) is 2.94. The minimum absolute atomic E-state index is 0.186. The highest BCUT2D eigenvalue weighted by molar-refractivity contribution is 6.32. The highest BCUT2D eigenvalue weighted by Gasteiger charge is 2.09. The maximum Gasteiger partial charge on any atom is 0.238 e. The molecule has 0 radical (unpaired) electrons. The number of nitrogens with one attached hydrogen (secondary N) is 1. The number of benzene rings is 1. The number of hydrogen-bond acceptors (Lipinski definition) is 3. The molecule has 2 rings (SSSR count). The Morgan fingerprint density at radius 2 is 2.05 bits per heavy atom. The van der Waals surface area contributed by atoms with Crippen LogP contribution < -0.4 is 5.32 Å². The summed E-state index contributed by atoms with van der Waals surface area (Å²) in [6.45, 7) is 0.747.